The first kappa shape index (κ1) is 9.95. The van der Waals surface area contributed by atoms with Crippen LogP contribution >= 0.6 is 0 Å². The van der Waals surface area contributed by atoms with Gasteiger partial charge < -0.3 is 4.55 Å². The Balaban J connectivity index is 2.46. The first-order chi connectivity index (χ1) is 7.27. The van der Waals surface area contributed by atoms with Gasteiger partial charge in [-0.25, -0.2) is 4.21 Å². The van der Waals surface area contributed by atoms with Gasteiger partial charge in [-0.2, -0.15) is 10.2 Å². The van der Waals surface area contributed by atoms with Crippen molar-refractivity contribution in [3.63, 3.8) is 0 Å². The van der Waals surface area contributed by atoms with Crippen molar-refractivity contribution >= 4 is 11.1 Å². The molecule has 1 N–H and O–H groups in total. The molecule has 0 saturated carbocycles. The summed E-state index contributed by atoms with van der Waals surface area (Å²) >= 11 is -1.96. The Morgan fingerprint density at radius 2 is 2.07 bits per heavy atom. The molecule has 0 fully saturated rings. The Hall–Kier alpha value is -1.59. The second-order valence-electron chi connectivity index (χ2n) is 2.89. The Bertz CT molecular complexity index is 488. The molecular weight excluding hydrogens is 212 g/mol. The SMILES string of the molecule is O=S(O)c1cccc(-c2cccnn2)c1. The predicted octanol–water partition coefficient (Wildman–Crippen LogP) is 1.72. The van der Waals surface area contributed by atoms with E-state index in [1.165, 1.54) is 0 Å². The molecule has 0 aliphatic rings. The molecule has 0 saturated heterocycles. The molecule has 1 atom stereocenters. The summed E-state index contributed by atoms with van der Waals surface area (Å²) < 4.78 is 19.8. The van der Waals surface area contributed by atoms with E-state index >= 15 is 0 Å². The summed E-state index contributed by atoms with van der Waals surface area (Å²) in [5.74, 6) is 0. The van der Waals surface area contributed by atoms with Crippen molar-refractivity contribution < 1.29 is 8.76 Å². The Labute approximate surface area is 89.3 Å². The van der Waals surface area contributed by atoms with E-state index in [0.29, 0.717) is 10.6 Å². The van der Waals surface area contributed by atoms with Crippen LogP contribution < -0.4 is 0 Å². The summed E-state index contributed by atoms with van der Waals surface area (Å²) in [6.45, 7) is 0. The van der Waals surface area contributed by atoms with Gasteiger partial charge >= 0.3 is 0 Å². The average molecular weight is 220 g/mol. The van der Waals surface area contributed by atoms with Gasteiger partial charge in [-0.1, -0.05) is 12.1 Å². The van der Waals surface area contributed by atoms with Gasteiger partial charge in [0, 0.05) is 11.8 Å². The molecule has 0 spiro atoms. The van der Waals surface area contributed by atoms with E-state index in [9.17, 15) is 4.21 Å². The summed E-state index contributed by atoms with van der Waals surface area (Å²) in [5.41, 5.74) is 1.47. The van der Waals surface area contributed by atoms with Gasteiger partial charge in [-0.05, 0) is 24.3 Å². The molecule has 0 amide bonds. The largest absolute Gasteiger partial charge is 0.302 e. The zero-order valence-corrected chi connectivity index (χ0v) is 8.52. The third-order valence-corrected chi connectivity index (χ3v) is 2.56. The fourth-order valence-corrected chi connectivity index (χ4v) is 1.64. The maximum Gasteiger partial charge on any atom is 0.186 e. The molecule has 0 aliphatic carbocycles. The maximum absolute atomic E-state index is 10.9. The fourth-order valence-electron chi connectivity index (χ4n) is 1.22. The van der Waals surface area contributed by atoms with E-state index in [2.05, 4.69) is 10.2 Å². The minimum atomic E-state index is -1.96. The van der Waals surface area contributed by atoms with E-state index in [1.54, 1.807) is 36.5 Å². The van der Waals surface area contributed by atoms with E-state index in [4.69, 9.17) is 4.55 Å². The second-order valence-corrected chi connectivity index (χ2v) is 3.86. The molecule has 5 heteroatoms. The van der Waals surface area contributed by atoms with Crippen LogP contribution in [0.3, 0.4) is 0 Å². The van der Waals surface area contributed by atoms with E-state index < -0.39 is 11.1 Å². The van der Waals surface area contributed by atoms with E-state index in [0.717, 1.165) is 5.56 Å². The number of rotatable bonds is 2. The molecule has 76 valence electrons. The minimum absolute atomic E-state index is 0.359. The summed E-state index contributed by atoms with van der Waals surface area (Å²) in [6.07, 6.45) is 1.58. The third kappa shape index (κ3) is 2.26. The molecule has 1 aromatic carbocycles. The average Bonchev–Trinajstić information content (AvgIpc) is 2.30. The van der Waals surface area contributed by atoms with Gasteiger partial charge in [0.15, 0.2) is 11.1 Å². The maximum atomic E-state index is 10.9. The molecule has 0 aliphatic heterocycles. The normalized spacial score (nSPS) is 12.3. The number of nitrogens with zero attached hydrogens (tertiary/aromatic N) is 2. The third-order valence-electron chi connectivity index (χ3n) is 1.90. The lowest BCUT2D eigenvalue weighted by Crippen LogP contribution is -1.90. The molecule has 0 bridgehead atoms. The van der Waals surface area contributed by atoms with Gasteiger partial charge in [0.25, 0.3) is 0 Å². The summed E-state index contributed by atoms with van der Waals surface area (Å²) in [4.78, 5) is 0.359. The van der Waals surface area contributed by atoms with Gasteiger partial charge in [0.2, 0.25) is 0 Å². The molecule has 1 heterocycles. The highest BCUT2D eigenvalue weighted by molar-refractivity contribution is 7.79. The van der Waals surface area contributed by atoms with Crippen molar-refractivity contribution in [1.82, 2.24) is 10.2 Å². The van der Waals surface area contributed by atoms with Crippen molar-refractivity contribution in [1.29, 1.82) is 0 Å². The van der Waals surface area contributed by atoms with Crippen LogP contribution in [0.25, 0.3) is 11.3 Å². The van der Waals surface area contributed by atoms with Crippen LogP contribution in [0.2, 0.25) is 0 Å². The lowest BCUT2D eigenvalue weighted by Gasteiger charge is -2.00. The molecule has 0 radical (unpaired) electrons. The van der Waals surface area contributed by atoms with Crippen LogP contribution in [0.5, 0.6) is 0 Å². The van der Waals surface area contributed by atoms with Crippen molar-refractivity contribution in [2.75, 3.05) is 0 Å². The predicted molar refractivity (Wildman–Crippen MR) is 56.5 cm³/mol. The van der Waals surface area contributed by atoms with Crippen molar-refractivity contribution in [2.24, 2.45) is 0 Å². The first-order valence-corrected chi connectivity index (χ1v) is 5.37. The topological polar surface area (TPSA) is 63.1 Å². The van der Waals surface area contributed by atoms with Crippen LogP contribution in [0, 0.1) is 0 Å². The van der Waals surface area contributed by atoms with Crippen LogP contribution in [0.15, 0.2) is 47.5 Å². The van der Waals surface area contributed by atoms with Gasteiger partial charge in [-0.15, -0.1) is 0 Å². The highest BCUT2D eigenvalue weighted by Gasteiger charge is 2.03. The Morgan fingerprint density at radius 3 is 2.73 bits per heavy atom. The highest BCUT2D eigenvalue weighted by Crippen LogP contribution is 2.18. The molecule has 15 heavy (non-hydrogen) atoms. The molecule has 4 nitrogen and oxygen atoms in total. The lowest BCUT2D eigenvalue weighted by molar-refractivity contribution is 0.564. The van der Waals surface area contributed by atoms with Crippen molar-refractivity contribution in [3.05, 3.63) is 42.6 Å². The van der Waals surface area contributed by atoms with Gasteiger partial charge in [0.05, 0.1) is 10.6 Å². The molecular formula is C10H8N2O2S. The first-order valence-electron chi connectivity index (χ1n) is 4.26. The lowest BCUT2D eigenvalue weighted by atomic mass is 10.1. The second kappa shape index (κ2) is 4.29. The summed E-state index contributed by atoms with van der Waals surface area (Å²) in [5, 5.41) is 7.67. The van der Waals surface area contributed by atoms with E-state index in [-0.39, 0.29) is 0 Å². The van der Waals surface area contributed by atoms with Crippen molar-refractivity contribution in [3.8, 4) is 11.3 Å². The van der Waals surface area contributed by atoms with E-state index in [1.807, 2.05) is 6.07 Å². The fraction of sp³-hybridized carbons (Fsp3) is 0. The zero-order valence-electron chi connectivity index (χ0n) is 7.70. The zero-order chi connectivity index (χ0) is 10.7. The van der Waals surface area contributed by atoms with Crippen LogP contribution in [-0.2, 0) is 11.1 Å². The monoisotopic (exact) mass is 220 g/mol. The smallest absolute Gasteiger partial charge is 0.186 e. The Kier molecular flexibility index (Phi) is 2.84. The number of hydrogen-bond acceptors (Lipinski definition) is 3. The molecule has 1 aromatic heterocycles. The van der Waals surface area contributed by atoms with Gasteiger partial charge in [0.1, 0.15) is 0 Å². The summed E-state index contributed by atoms with van der Waals surface area (Å²) in [6, 6.07) is 10.3. The molecule has 2 rings (SSSR count). The van der Waals surface area contributed by atoms with Crippen LogP contribution in [0.4, 0.5) is 0 Å². The number of hydrogen-bond donors (Lipinski definition) is 1. The highest BCUT2D eigenvalue weighted by atomic mass is 32.2. The molecule has 2 aromatic rings. The minimum Gasteiger partial charge on any atom is -0.302 e. The summed E-state index contributed by atoms with van der Waals surface area (Å²) in [7, 11) is 0. The molecule has 1 unspecified atom stereocenters. The number of aromatic nitrogens is 2. The van der Waals surface area contributed by atoms with Gasteiger partial charge in [-0.3, -0.25) is 0 Å². The van der Waals surface area contributed by atoms with Crippen LogP contribution in [0.1, 0.15) is 0 Å². The number of benzene rings is 1. The Morgan fingerprint density at radius 1 is 1.20 bits per heavy atom. The van der Waals surface area contributed by atoms with Crippen LogP contribution in [-0.4, -0.2) is 19.0 Å². The standard InChI is InChI=1S/C10H8N2O2S/c13-15(14)9-4-1-3-8(7-9)10-5-2-6-11-12-10/h1-7H,(H,13,14). The van der Waals surface area contributed by atoms with Crippen molar-refractivity contribution in [2.45, 2.75) is 4.90 Å². The quantitative estimate of drug-likeness (QED) is 0.783.